The Bertz CT molecular complexity index is 299. The van der Waals surface area contributed by atoms with Crippen LogP contribution in [-0.4, -0.2) is 31.6 Å². The lowest BCUT2D eigenvalue weighted by atomic mass is 9.89. The maximum atomic E-state index is 11.4. The van der Waals surface area contributed by atoms with Crippen LogP contribution in [0.2, 0.25) is 0 Å². The van der Waals surface area contributed by atoms with Crippen LogP contribution < -0.4 is 0 Å². The molecule has 2 atom stereocenters. The van der Waals surface area contributed by atoms with E-state index in [4.69, 9.17) is 14.2 Å². The van der Waals surface area contributed by atoms with Crippen LogP contribution in [0.4, 0.5) is 0 Å². The van der Waals surface area contributed by atoms with Gasteiger partial charge in [-0.25, -0.2) is 0 Å². The van der Waals surface area contributed by atoms with E-state index in [0.29, 0.717) is 13.2 Å². The lowest BCUT2D eigenvalue weighted by molar-refractivity contribution is -0.164. The first-order valence-corrected chi connectivity index (χ1v) is 8.68. The van der Waals surface area contributed by atoms with Crippen molar-refractivity contribution in [3.63, 3.8) is 0 Å². The molecule has 0 N–H and O–H groups in total. The number of ether oxygens (including phenoxy) is 3. The van der Waals surface area contributed by atoms with Crippen molar-refractivity contribution in [3.8, 4) is 0 Å². The van der Waals surface area contributed by atoms with Crippen LogP contribution in [0.1, 0.15) is 71.1 Å². The molecule has 0 amide bonds. The second-order valence-corrected chi connectivity index (χ2v) is 6.33. The Morgan fingerprint density at radius 1 is 0.857 bits per heavy atom. The highest BCUT2D eigenvalue weighted by atomic mass is 16.7. The first-order chi connectivity index (χ1) is 10.3. The molecule has 0 bridgehead atoms. The SMILES string of the molecule is CC(=O)O[C@@H]1CCCCCCCCCC[C@H]1C1OCCO1. The van der Waals surface area contributed by atoms with E-state index in [0.717, 1.165) is 19.3 Å². The molecule has 0 radical (unpaired) electrons. The van der Waals surface area contributed by atoms with Gasteiger partial charge in [0.15, 0.2) is 6.29 Å². The number of esters is 1. The molecule has 0 spiro atoms. The molecule has 2 rings (SSSR count). The molecular formula is C17H30O4. The smallest absolute Gasteiger partial charge is 0.302 e. The predicted octanol–water partition coefficient (Wildman–Crippen LogP) is 3.82. The summed E-state index contributed by atoms with van der Waals surface area (Å²) in [5, 5.41) is 0. The van der Waals surface area contributed by atoms with Gasteiger partial charge in [0.1, 0.15) is 6.10 Å². The summed E-state index contributed by atoms with van der Waals surface area (Å²) in [4.78, 5) is 11.4. The van der Waals surface area contributed by atoms with Gasteiger partial charge < -0.3 is 14.2 Å². The molecule has 0 aromatic heterocycles. The number of hydrogen-bond donors (Lipinski definition) is 0. The van der Waals surface area contributed by atoms with Crippen LogP contribution in [-0.2, 0) is 19.0 Å². The molecule has 1 heterocycles. The summed E-state index contributed by atoms with van der Waals surface area (Å²) in [6.07, 6.45) is 11.8. The molecule has 0 aromatic carbocycles. The van der Waals surface area contributed by atoms with Gasteiger partial charge in [-0.3, -0.25) is 4.79 Å². The molecular weight excluding hydrogens is 268 g/mol. The minimum absolute atomic E-state index is 0.0509. The van der Waals surface area contributed by atoms with E-state index in [-0.39, 0.29) is 24.3 Å². The topological polar surface area (TPSA) is 44.8 Å². The third-order valence-corrected chi connectivity index (χ3v) is 4.57. The van der Waals surface area contributed by atoms with Crippen LogP contribution in [0.3, 0.4) is 0 Å². The Hall–Kier alpha value is -0.610. The van der Waals surface area contributed by atoms with E-state index in [9.17, 15) is 4.79 Å². The Labute approximate surface area is 128 Å². The highest BCUT2D eigenvalue weighted by Gasteiger charge is 2.34. The summed E-state index contributed by atoms with van der Waals surface area (Å²) in [6, 6.07) is 0. The third-order valence-electron chi connectivity index (χ3n) is 4.57. The fourth-order valence-electron chi connectivity index (χ4n) is 3.48. The summed E-state index contributed by atoms with van der Waals surface area (Å²) in [5.41, 5.74) is 0. The van der Waals surface area contributed by atoms with Crippen molar-refractivity contribution in [3.05, 3.63) is 0 Å². The minimum Gasteiger partial charge on any atom is -0.462 e. The van der Waals surface area contributed by atoms with Gasteiger partial charge in [0.2, 0.25) is 0 Å². The first kappa shape index (κ1) is 16.8. The average Bonchev–Trinajstić information content (AvgIpc) is 2.95. The lowest BCUT2D eigenvalue weighted by Crippen LogP contribution is -2.35. The molecule has 1 aliphatic heterocycles. The molecule has 0 aromatic rings. The fourth-order valence-corrected chi connectivity index (χ4v) is 3.48. The van der Waals surface area contributed by atoms with Crippen molar-refractivity contribution in [1.82, 2.24) is 0 Å². The van der Waals surface area contributed by atoms with E-state index >= 15 is 0 Å². The maximum absolute atomic E-state index is 11.4. The van der Waals surface area contributed by atoms with Crippen LogP contribution in [0, 0.1) is 5.92 Å². The quantitative estimate of drug-likeness (QED) is 0.727. The second-order valence-electron chi connectivity index (χ2n) is 6.33. The minimum atomic E-state index is -0.185. The van der Waals surface area contributed by atoms with Gasteiger partial charge in [-0.05, 0) is 19.3 Å². The maximum Gasteiger partial charge on any atom is 0.302 e. The van der Waals surface area contributed by atoms with Crippen LogP contribution in [0.5, 0.6) is 0 Å². The van der Waals surface area contributed by atoms with E-state index in [1.165, 1.54) is 51.9 Å². The Balaban J connectivity index is 1.99. The van der Waals surface area contributed by atoms with Crippen LogP contribution in [0.25, 0.3) is 0 Å². The van der Waals surface area contributed by atoms with Gasteiger partial charge in [-0.1, -0.05) is 44.9 Å². The number of carbonyl (C=O) groups is 1. The zero-order valence-electron chi connectivity index (χ0n) is 13.4. The summed E-state index contributed by atoms with van der Waals surface area (Å²) in [7, 11) is 0. The predicted molar refractivity (Wildman–Crippen MR) is 80.9 cm³/mol. The molecule has 1 aliphatic carbocycles. The van der Waals surface area contributed by atoms with E-state index < -0.39 is 0 Å². The molecule has 4 nitrogen and oxygen atoms in total. The molecule has 2 fully saturated rings. The van der Waals surface area contributed by atoms with Crippen molar-refractivity contribution in [2.24, 2.45) is 5.92 Å². The van der Waals surface area contributed by atoms with E-state index in [1.54, 1.807) is 0 Å². The summed E-state index contributed by atoms with van der Waals surface area (Å²) in [5.74, 6) is 0.00548. The highest BCUT2D eigenvalue weighted by Crippen LogP contribution is 2.30. The summed E-state index contributed by atoms with van der Waals surface area (Å²) in [6.45, 7) is 2.82. The second kappa shape index (κ2) is 9.42. The van der Waals surface area contributed by atoms with Gasteiger partial charge in [0.25, 0.3) is 0 Å². The molecule has 0 unspecified atom stereocenters. The molecule has 21 heavy (non-hydrogen) atoms. The number of hydrogen-bond acceptors (Lipinski definition) is 4. The largest absolute Gasteiger partial charge is 0.462 e. The molecule has 4 heteroatoms. The third kappa shape index (κ3) is 5.95. The monoisotopic (exact) mass is 298 g/mol. The van der Waals surface area contributed by atoms with E-state index in [1.807, 2.05) is 0 Å². The number of rotatable bonds is 2. The van der Waals surface area contributed by atoms with Gasteiger partial charge in [-0.2, -0.15) is 0 Å². The molecule has 2 aliphatic rings. The molecule has 1 saturated heterocycles. The highest BCUT2D eigenvalue weighted by molar-refractivity contribution is 5.66. The Morgan fingerprint density at radius 3 is 1.95 bits per heavy atom. The Kier molecular flexibility index (Phi) is 7.51. The summed E-state index contributed by atoms with van der Waals surface area (Å²) >= 11 is 0. The van der Waals surface area contributed by atoms with Gasteiger partial charge in [-0.15, -0.1) is 0 Å². The van der Waals surface area contributed by atoms with E-state index in [2.05, 4.69) is 0 Å². The van der Waals surface area contributed by atoms with Crippen molar-refractivity contribution < 1.29 is 19.0 Å². The van der Waals surface area contributed by atoms with Gasteiger partial charge in [0, 0.05) is 12.8 Å². The van der Waals surface area contributed by atoms with Gasteiger partial charge in [0.05, 0.1) is 13.2 Å². The lowest BCUT2D eigenvalue weighted by Gasteiger charge is -2.30. The van der Waals surface area contributed by atoms with Crippen molar-refractivity contribution in [2.45, 2.75) is 83.5 Å². The standard InChI is InChI=1S/C17H30O4/c1-14(18)21-16-11-9-7-5-3-2-4-6-8-10-15(16)17-19-12-13-20-17/h15-17H,2-13H2,1H3/t15-,16-/m1/s1. The summed E-state index contributed by atoms with van der Waals surface area (Å²) < 4.78 is 17.1. The Morgan fingerprint density at radius 2 is 1.38 bits per heavy atom. The van der Waals surface area contributed by atoms with Gasteiger partial charge >= 0.3 is 5.97 Å². The van der Waals surface area contributed by atoms with Crippen molar-refractivity contribution >= 4 is 5.97 Å². The van der Waals surface area contributed by atoms with Crippen molar-refractivity contribution in [1.29, 1.82) is 0 Å². The molecule has 1 saturated carbocycles. The first-order valence-electron chi connectivity index (χ1n) is 8.68. The normalized spacial score (nSPS) is 30.3. The van der Waals surface area contributed by atoms with Crippen LogP contribution >= 0.6 is 0 Å². The molecule has 122 valence electrons. The zero-order chi connectivity index (χ0) is 14.9. The van der Waals surface area contributed by atoms with Crippen molar-refractivity contribution in [2.75, 3.05) is 13.2 Å². The zero-order valence-corrected chi connectivity index (χ0v) is 13.4. The number of carbonyl (C=O) groups excluding carboxylic acids is 1. The fraction of sp³-hybridized carbons (Fsp3) is 0.941. The van der Waals surface area contributed by atoms with Crippen LogP contribution in [0.15, 0.2) is 0 Å². The average molecular weight is 298 g/mol.